The van der Waals surface area contributed by atoms with Crippen LogP contribution in [0.15, 0.2) is 131 Å². The van der Waals surface area contributed by atoms with Crippen LogP contribution in [-0.2, 0) is 16.6 Å². The summed E-state index contributed by atoms with van der Waals surface area (Å²) < 4.78 is 7.16. The van der Waals surface area contributed by atoms with Gasteiger partial charge in [-0.3, -0.25) is 14.5 Å². The highest BCUT2D eigenvalue weighted by atomic mass is 32.2. The molecule has 2 amide bonds. The van der Waals surface area contributed by atoms with Crippen molar-refractivity contribution >= 4 is 44.7 Å². The Morgan fingerprint density at radius 3 is 1.98 bits per heavy atom. The number of carbonyl (C=O) groups excluding carboxylic acids is 2. The van der Waals surface area contributed by atoms with Gasteiger partial charge in [0.15, 0.2) is 9.76 Å². The highest BCUT2D eigenvalue weighted by Crippen LogP contribution is 2.50. The van der Waals surface area contributed by atoms with Crippen LogP contribution < -0.4 is 4.90 Å². The standard InChI is InChI=1S/C44H46N2O3SSi/c1-5-6-7-16-28-45-37-23-14-15-25-39(37)50-40-31(18-17-24-38(40)45)30-46-41(47)35-27-26-34(29-36(35)42(46)48)44(49-51-43(2,3)4,32-19-10-8-11-20-32)33-21-12-9-13-22-33/h8-15,17-27,29H,5-7,16,28,30,51H2,1-4H3. The fourth-order valence-electron chi connectivity index (χ4n) is 7.21. The van der Waals surface area contributed by atoms with Crippen LogP contribution in [0, 0.1) is 0 Å². The van der Waals surface area contributed by atoms with Gasteiger partial charge in [0.25, 0.3) is 11.8 Å². The van der Waals surface area contributed by atoms with Crippen molar-refractivity contribution in [1.82, 2.24) is 4.90 Å². The smallest absolute Gasteiger partial charge is 0.261 e. The lowest BCUT2D eigenvalue weighted by Crippen LogP contribution is -2.36. The predicted octanol–water partition coefficient (Wildman–Crippen LogP) is 10.3. The molecule has 5 aromatic rings. The summed E-state index contributed by atoms with van der Waals surface area (Å²) in [6.45, 7) is 10.0. The van der Waals surface area contributed by atoms with Gasteiger partial charge in [-0.25, -0.2) is 0 Å². The van der Waals surface area contributed by atoms with Gasteiger partial charge in [0.2, 0.25) is 0 Å². The Morgan fingerprint density at radius 2 is 1.29 bits per heavy atom. The molecule has 0 spiro atoms. The van der Waals surface area contributed by atoms with Crippen molar-refractivity contribution in [3.8, 4) is 0 Å². The number of fused-ring (bicyclic) bond motifs is 3. The Kier molecular flexibility index (Phi) is 10.1. The third-order valence-corrected chi connectivity index (χ3v) is 12.4. The van der Waals surface area contributed by atoms with E-state index < -0.39 is 15.4 Å². The molecule has 0 aromatic heterocycles. The van der Waals surface area contributed by atoms with Crippen molar-refractivity contribution in [2.24, 2.45) is 0 Å². The van der Waals surface area contributed by atoms with Crippen LogP contribution in [0.1, 0.15) is 96.3 Å². The van der Waals surface area contributed by atoms with Crippen molar-refractivity contribution in [3.05, 3.63) is 155 Å². The maximum Gasteiger partial charge on any atom is 0.261 e. The minimum Gasteiger partial charge on any atom is -0.406 e. The first-order valence-corrected chi connectivity index (χ1v) is 20.2. The van der Waals surface area contributed by atoms with Crippen LogP contribution in [0.4, 0.5) is 11.4 Å². The Labute approximate surface area is 309 Å². The minimum atomic E-state index is -1.08. The summed E-state index contributed by atoms with van der Waals surface area (Å²) in [4.78, 5) is 34.6. The van der Waals surface area contributed by atoms with E-state index in [0.717, 1.165) is 45.8 Å². The molecule has 0 N–H and O–H groups in total. The third-order valence-electron chi connectivity index (χ3n) is 9.76. The summed E-state index contributed by atoms with van der Waals surface area (Å²) in [7, 11) is -1.08. The number of rotatable bonds is 12. The largest absolute Gasteiger partial charge is 0.406 e. The molecule has 2 aliphatic rings. The van der Waals surface area contributed by atoms with Gasteiger partial charge in [0, 0.05) is 16.3 Å². The molecule has 7 rings (SSSR count). The topological polar surface area (TPSA) is 49.9 Å². The SMILES string of the molecule is CCCCCCN1c2ccccc2Sc2c(CN3C(=O)c4ccc(C(O[SiH2]C(C)(C)C)(c5ccccc5)c5ccccc5)cc4C3=O)cccc21. The lowest BCUT2D eigenvalue weighted by Gasteiger charge is -2.38. The van der Waals surface area contributed by atoms with E-state index in [2.05, 4.69) is 99.3 Å². The number of hydrogen-bond acceptors (Lipinski definition) is 5. The maximum absolute atomic E-state index is 14.4. The lowest BCUT2D eigenvalue weighted by molar-refractivity contribution is 0.0641. The highest BCUT2D eigenvalue weighted by molar-refractivity contribution is 7.99. The van der Waals surface area contributed by atoms with E-state index in [4.69, 9.17) is 4.43 Å². The number of amides is 2. The van der Waals surface area contributed by atoms with E-state index >= 15 is 0 Å². The van der Waals surface area contributed by atoms with Crippen LogP contribution in [0.5, 0.6) is 0 Å². The fraction of sp³-hybridized carbons (Fsp3) is 0.273. The molecule has 0 unspecified atom stereocenters. The zero-order chi connectivity index (χ0) is 35.6. The van der Waals surface area contributed by atoms with Gasteiger partial charge >= 0.3 is 0 Å². The Bertz CT molecular complexity index is 2000. The molecule has 0 fully saturated rings. The second-order valence-corrected chi connectivity index (χ2v) is 18.5. The van der Waals surface area contributed by atoms with Gasteiger partial charge < -0.3 is 9.33 Å². The van der Waals surface area contributed by atoms with Gasteiger partial charge in [-0.2, -0.15) is 0 Å². The highest BCUT2D eigenvalue weighted by Gasteiger charge is 2.42. The second-order valence-electron chi connectivity index (χ2n) is 14.8. The summed E-state index contributed by atoms with van der Waals surface area (Å²) in [6, 6.07) is 41.1. The second kappa shape index (κ2) is 14.7. The van der Waals surface area contributed by atoms with E-state index in [1.807, 2.05) is 54.6 Å². The third kappa shape index (κ3) is 6.83. The van der Waals surface area contributed by atoms with E-state index in [1.54, 1.807) is 11.8 Å². The number of carbonyl (C=O) groups is 2. The van der Waals surface area contributed by atoms with E-state index in [0.29, 0.717) is 11.1 Å². The number of benzene rings is 5. The van der Waals surface area contributed by atoms with E-state index in [9.17, 15) is 9.59 Å². The molecule has 5 aromatic carbocycles. The normalized spacial score (nSPS) is 14.3. The molecule has 2 heterocycles. The molecule has 0 bridgehead atoms. The molecular formula is C44H46N2O3SSi. The van der Waals surface area contributed by atoms with E-state index in [1.165, 1.54) is 34.7 Å². The van der Waals surface area contributed by atoms with Crippen molar-refractivity contribution in [3.63, 3.8) is 0 Å². The van der Waals surface area contributed by atoms with Crippen LogP contribution in [-0.4, -0.2) is 33.0 Å². The Hall–Kier alpha value is -4.43. The molecule has 0 aliphatic carbocycles. The first-order valence-electron chi connectivity index (χ1n) is 18.1. The first kappa shape index (κ1) is 35.0. The molecule has 0 saturated carbocycles. The Balaban J connectivity index is 1.25. The maximum atomic E-state index is 14.4. The summed E-state index contributed by atoms with van der Waals surface area (Å²) >= 11 is 1.73. The molecule has 2 aliphatic heterocycles. The fourth-order valence-corrected chi connectivity index (χ4v) is 9.56. The van der Waals surface area contributed by atoms with Crippen molar-refractivity contribution in [2.45, 2.75) is 80.4 Å². The van der Waals surface area contributed by atoms with Crippen molar-refractivity contribution in [2.75, 3.05) is 11.4 Å². The summed E-state index contributed by atoms with van der Waals surface area (Å²) in [6.07, 6.45) is 4.71. The molecular weight excluding hydrogens is 665 g/mol. The minimum absolute atomic E-state index is 0.0204. The van der Waals surface area contributed by atoms with Crippen LogP contribution >= 0.6 is 11.8 Å². The number of anilines is 2. The Morgan fingerprint density at radius 1 is 0.647 bits per heavy atom. The average molecular weight is 711 g/mol. The van der Waals surface area contributed by atoms with Crippen molar-refractivity contribution < 1.29 is 14.0 Å². The number of unbranched alkanes of at least 4 members (excludes halogenated alkanes) is 3. The van der Waals surface area contributed by atoms with Gasteiger partial charge in [-0.05, 0) is 64.0 Å². The number of nitrogens with zero attached hydrogens (tertiary/aromatic N) is 2. The van der Waals surface area contributed by atoms with Gasteiger partial charge in [0.05, 0.1) is 29.0 Å². The molecule has 5 nitrogen and oxygen atoms in total. The summed E-state index contributed by atoms with van der Waals surface area (Å²) in [5.41, 5.74) is 6.10. The van der Waals surface area contributed by atoms with E-state index in [-0.39, 0.29) is 23.4 Å². The monoisotopic (exact) mass is 710 g/mol. The molecule has 0 atom stereocenters. The summed E-state index contributed by atoms with van der Waals surface area (Å²) in [5.74, 6) is -0.526. The number of para-hydroxylation sites is 1. The first-order chi connectivity index (χ1) is 24.7. The van der Waals surface area contributed by atoms with Gasteiger partial charge in [-0.1, -0.05) is 150 Å². The van der Waals surface area contributed by atoms with Gasteiger partial charge in [0.1, 0.15) is 5.60 Å². The van der Waals surface area contributed by atoms with Crippen LogP contribution in [0.3, 0.4) is 0 Å². The quantitative estimate of drug-likeness (QED) is 0.0558. The van der Waals surface area contributed by atoms with Crippen molar-refractivity contribution in [1.29, 1.82) is 0 Å². The van der Waals surface area contributed by atoms with Crippen LogP contribution in [0.25, 0.3) is 0 Å². The molecule has 260 valence electrons. The molecule has 0 saturated heterocycles. The molecule has 7 heteroatoms. The predicted molar refractivity (Wildman–Crippen MR) is 211 cm³/mol. The zero-order valence-electron chi connectivity index (χ0n) is 30.0. The van der Waals surface area contributed by atoms with Crippen LogP contribution in [0.2, 0.25) is 5.04 Å². The number of hydrogen-bond donors (Lipinski definition) is 0. The molecule has 0 radical (unpaired) electrons. The lowest BCUT2D eigenvalue weighted by atomic mass is 9.79. The zero-order valence-corrected chi connectivity index (χ0v) is 32.3. The van der Waals surface area contributed by atoms with Gasteiger partial charge in [-0.15, -0.1) is 0 Å². The molecule has 51 heavy (non-hydrogen) atoms. The number of imide groups is 1. The average Bonchev–Trinajstić information content (AvgIpc) is 3.38. The summed E-state index contributed by atoms with van der Waals surface area (Å²) in [5, 5.41) is 0.0204.